The summed E-state index contributed by atoms with van der Waals surface area (Å²) in [6.45, 7) is -4.94. The molecular weight excluding hydrogens is 449 g/mol. The Morgan fingerprint density at radius 3 is 1.15 bits per heavy atom. The summed E-state index contributed by atoms with van der Waals surface area (Å²) in [6, 6.07) is 0. The highest BCUT2D eigenvalue weighted by Gasteiger charge is 2.92. The zero-order chi connectivity index (χ0) is 21.8. The van der Waals surface area contributed by atoms with Crippen LogP contribution in [0.5, 0.6) is 0 Å². The van der Waals surface area contributed by atoms with Crippen LogP contribution in [0.3, 0.4) is 0 Å². The van der Waals surface area contributed by atoms with Gasteiger partial charge in [-0.3, -0.25) is 0 Å². The van der Waals surface area contributed by atoms with Crippen LogP contribution in [0, 0.1) is 0 Å². The Hall–Kier alpha value is -1.14. The van der Waals surface area contributed by atoms with Crippen LogP contribution in [0.2, 0.25) is 0 Å². The lowest BCUT2D eigenvalue weighted by atomic mass is 9.98. The summed E-state index contributed by atoms with van der Waals surface area (Å²) in [4.78, 5) is 0. The maximum absolute atomic E-state index is 13.0. The highest BCUT2D eigenvalue weighted by Crippen LogP contribution is 2.61. The van der Waals surface area contributed by atoms with E-state index >= 15 is 0 Å². The molecule has 3 nitrogen and oxygen atoms in total. The third-order valence-electron chi connectivity index (χ3n) is 2.42. The Bertz CT molecular complexity index is 618. The predicted octanol–water partition coefficient (Wildman–Crippen LogP) is 4.25. The predicted molar refractivity (Wildman–Crippen MR) is 46.8 cm³/mol. The van der Waals surface area contributed by atoms with E-state index in [2.05, 4.69) is 0 Å². The molecule has 19 heteroatoms. The summed E-state index contributed by atoms with van der Waals surface area (Å²) in [5, 5.41) is -7.79. The summed E-state index contributed by atoms with van der Waals surface area (Å²) in [5.41, 5.74) is 0. The molecule has 26 heavy (non-hydrogen) atoms. The molecule has 0 N–H and O–H groups in total. The molecular formula is C7HF15O3S. The Morgan fingerprint density at radius 2 is 0.885 bits per heavy atom. The number of hydrogen-bond donors (Lipinski definition) is 0. The highest BCUT2D eigenvalue weighted by atomic mass is 32.2. The molecule has 0 aromatic heterocycles. The van der Waals surface area contributed by atoms with Gasteiger partial charge in [0, 0.05) is 0 Å². The van der Waals surface area contributed by atoms with Gasteiger partial charge in [-0.1, -0.05) is 0 Å². The van der Waals surface area contributed by atoms with E-state index in [1.807, 2.05) is 4.18 Å². The van der Waals surface area contributed by atoms with E-state index in [0.717, 1.165) is 0 Å². The zero-order valence-electron chi connectivity index (χ0n) is 10.9. The van der Waals surface area contributed by atoms with Crippen molar-refractivity contribution in [2.45, 2.75) is 41.7 Å². The Labute approximate surface area is 131 Å². The van der Waals surface area contributed by atoms with Crippen molar-refractivity contribution in [1.29, 1.82) is 0 Å². The van der Waals surface area contributed by atoms with Gasteiger partial charge in [0.1, 0.15) is 0 Å². The first-order chi connectivity index (χ1) is 10.9. The van der Waals surface area contributed by atoms with Crippen molar-refractivity contribution in [2.75, 3.05) is 0 Å². The second-order valence-corrected chi connectivity index (χ2v) is 5.74. The van der Waals surface area contributed by atoms with E-state index in [1.165, 1.54) is 0 Å². The fourth-order valence-corrected chi connectivity index (χ4v) is 1.82. The molecule has 0 heterocycles. The first-order valence-corrected chi connectivity index (χ1v) is 6.49. The van der Waals surface area contributed by atoms with Crippen LogP contribution in [0.4, 0.5) is 65.9 Å². The molecule has 0 amide bonds. The quantitative estimate of drug-likeness (QED) is 0.431. The molecule has 0 saturated carbocycles. The van der Waals surface area contributed by atoms with Crippen LogP contribution in [0.15, 0.2) is 0 Å². The van der Waals surface area contributed by atoms with Crippen LogP contribution in [-0.4, -0.2) is 50.2 Å². The van der Waals surface area contributed by atoms with Crippen LogP contribution in [-0.2, 0) is 14.3 Å². The first-order valence-electron chi connectivity index (χ1n) is 5.08. The number of rotatable bonds is 7. The molecule has 0 atom stereocenters. The van der Waals surface area contributed by atoms with Crippen molar-refractivity contribution in [3.63, 3.8) is 0 Å². The van der Waals surface area contributed by atoms with Gasteiger partial charge in [-0.05, 0) is 0 Å². The summed E-state index contributed by atoms with van der Waals surface area (Å²) in [5.74, 6) is -33.1. The van der Waals surface area contributed by atoms with Gasteiger partial charge >= 0.3 is 51.9 Å². The number of halogens is 15. The van der Waals surface area contributed by atoms with Crippen LogP contribution in [0.25, 0.3) is 0 Å². The van der Waals surface area contributed by atoms with Crippen molar-refractivity contribution in [2.24, 2.45) is 0 Å². The maximum atomic E-state index is 13.0. The molecule has 158 valence electrons. The second kappa shape index (κ2) is 6.20. The van der Waals surface area contributed by atoms with Gasteiger partial charge in [0.15, 0.2) is 0 Å². The molecule has 0 saturated heterocycles. The minimum atomic E-state index is -8.43. The van der Waals surface area contributed by atoms with Gasteiger partial charge in [0.25, 0.3) is 0 Å². The molecule has 0 fully saturated rings. The topological polar surface area (TPSA) is 43.4 Å². The van der Waals surface area contributed by atoms with E-state index in [0.29, 0.717) is 0 Å². The van der Waals surface area contributed by atoms with E-state index in [9.17, 15) is 74.3 Å². The van der Waals surface area contributed by atoms with Crippen LogP contribution < -0.4 is 0 Å². The van der Waals surface area contributed by atoms with Gasteiger partial charge in [-0.2, -0.15) is 78.5 Å². The molecule has 0 spiro atoms. The van der Waals surface area contributed by atoms with Gasteiger partial charge < -0.3 is 0 Å². The Kier molecular flexibility index (Phi) is 5.92. The fourth-order valence-electron chi connectivity index (χ4n) is 1.07. The molecule has 0 aliphatic carbocycles. The Balaban J connectivity index is 6.51. The molecule has 0 aliphatic rings. The van der Waals surface area contributed by atoms with Gasteiger partial charge in [-0.25, -0.2) is 0 Å². The van der Waals surface area contributed by atoms with E-state index < -0.39 is 51.9 Å². The third-order valence-corrected chi connectivity index (χ3v) is 3.70. The van der Waals surface area contributed by atoms with Crippen molar-refractivity contribution < 1.29 is 78.5 Å². The summed E-state index contributed by atoms with van der Waals surface area (Å²) >= 11 is 0. The van der Waals surface area contributed by atoms with E-state index in [1.54, 1.807) is 0 Å². The van der Waals surface area contributed by atoms with E-state index in [-0.39, 0.29) is 0 Å². The van der Waals surface area contributed by atoms with Gasteiger partial charge in [0.2, 0.25) is 0 Å². The normalized spacial score (nSPS) is 16.3. The second-order valence-electron chi connectivity index (χ2n) is 4.12. The van der Waals surface area contributed by atoms with Crippen molar-refractivity contribution in [3.05, 3.63) is 0 Å². The fraction of sp³-hybridized carbons (Fsp3) is 1.00. The number of alkyl halides is 15. The maximum Gasteiger partial charge on any atom is 0.460 e. The van der Waals surface area contributed by atoms with Gasteiger partial charge in [-0.15, -0.1) is 0 Å². The largest absolute Gasteiger partial charge is 0.460 e. The lowest BCUT2D eigenvalue weighted by molar-refractivity contribution is -0.433. The average molecular weight is 450 g/mol. The Morgan fingerprint density at radius 1 is 0.577 bits per heavy atom. The minimum absolute atomic E-state index is 1.87. The van der Waals surface area contributed by atoms with Crippen molar-refractivity contribution >= 4 is 10.1 Å². The molecule has 0 aromatic carbocycles. The molecule has 0 rings (SSSR count). The van der Waals surface area contributed by atoms with Crippen LogP contribution >= 0.6 is 0 Å². The minimum Gasteiger partial charge on any atom is -0.198 e. The summed E-state index contributed by atoms with van der Waals surface area (Å²) in [7, 11) is -7.91. The summed E-state index contributed by atoms with van der Waals surface area (Å²) in [6.07, 6.45) is -7.69. The molecule has 0 radical (unpaired) electrons. The molecule has 0 aliphatic heterocycles. The standard InChI is InChI=1S/C7HF15O3S/c8-1(9)25-26(23,24)7(21,22)5(16,17)3(12,13)2(10,11)4(14,15)6(18,19)20/h1H. The summed E-state index contributed by atoms with van der Waals surface area (Å²) < 4.78 is 209. The van der Waals surface area contributed by atoms with Crippen molar-refractivity contribution in [3.8, 4) is 0 Å². The third kappa shape index (κ3) is 3.26. The van der Waals surface area contributed by atoms with E-state index in [4.69, 9.17) is 0 Å². The first kappa shape index (κ1) is 24.9. The lowest BCUT2D eigenvalue weighted by Crippen LogP contribution is -2.71. The monoisotopic (exact) mass is 450 g/mol. The van der Waals surface area contributed by atoms with Crippen molar-refractivity contribution in [1.82, 2.24) is 0 Å². The number of hydrogen-bond acceptors (Lipinski definition) is 3. The van der Waals surface area contributed by atoms with Crippen LogP contribution in [0.1, 0.15) is 0 Å². The highest BCUT2D eigenvalue weighted by molar-refractivity contribution is 7.87. The molecule has 0 unspecified atom stereocenters. The lowest BCUT2D eigenvalue weighted by Gasteiger charge is -2.38. The zero-order valence-corrected chi connectivity index (χ0v) is 11.7. The molecule has 0 aromatic rings. The van der Waals surface area contributed by atoms with Gasteiger partial charge in [0.05, 0.1) is 0 Å². The average Bonchev–Trinajstić information content (AvgIpc) is 2.34. The smallest absolute Gasteiger partial charge is 0.198 e. The SMILES string of the molecule is O=S(=O)(OC(F)F)C(F)(F)C(F)(F)C(F)(F)C(F)(F)C(F)(F)C(F)(F)F. The molecule has 0 bridgehead atoms.